The number of guanidine groups is 1. The SMILES string of the molecule is N=C(N)NCCC[C@H](NC(=O)[C@@H](Cc1ccccc1)NC(=O)[C@H](Cc1c[nH]cn1)NC(=O)CCCNC(=O)[C@@H](N)CS)C(=O)N[C@@H](Cc1c[nH]c2ccccc12)C(=O)O. The van der Waals surface area contributed by atoms with Gasteiger partial charge < -0.3 is 58.4 Å². The summed E-state index contributed by atoms with van der Waals surface area (Å²) >= 11 is 4.01. The highest BCUT2D eigenvalue weighted by atomic mass is 32.1. The molecule has 316 valence electrons. The van der Waals surface area contributed by atoms with Crippen LogP contribution < -0.4 is 43.4 Å². The lowest BCUT2D eigenvalue weighted by Crippen LogP contribution is -2.58. The summed E-state index contributed by atoms with van der Waals surface area (Å²) in [5, 5.41) is 34.4. The number of imidazole rings is 1. The number of fused-ring (bicyclic) bond motifs is 1. The van der Waals surface area contributed by atoms with Crippen LogP contribution in [0.3, 0.4) is 0 Å². The Kier molecular flexibility index (Phi) is 17.7. The lowest BCUT2D eigenvalue weighted by Gasteiger charge is -2.26. The van der Waals surface area contributed by atoms with Gasteiger partial charge >= 0.3 is 5.97 Å². The Labute approximate surface area is 345 Å². The zero-order chi connectivity index (χ0) is 42.7. The average Bonchev–Trinajstić information content (AvgIpc) is 3.89. The van der Waals surface area contributed by atoms with E-state index in [1.165, 1.54) is 6.33 Å². The second-order valence-electron chi connectivity index (χ2n) is 13.8. The van der Waals surface area contributed by atoms with Gasteiger partial charge in [0.2, 0.25) is 29.5 Å². The molecule has 0 saturated carbocycles. The predicted molar refractivity (Wildman–Crippen MR) is 223 cm³/mol. The number of nitrogens with two attached hydrogens (primary N) is 2. The number of carbonyl (C=O) groups is 6. The molecule has 59 heavy (non-hydrogen) atoms. The first-order valence-corrected chi connectivity index (χ1v) is 19.7. The largest absolute Gasteiger partial charge is 0.480 e. The van der Waals surface area contributed by atoms with Crippen molar-refractivity contribution in [3.05, 3.63) is 90.1 Å². The number of amides is 5. The Morgan fingerprint density at radius 3 is 2.08 bits per heavy atom. The minimum Gasteiger partial charge on any atom is -0.480 e. The highest BCUT2D eigenvalue weighted by Gasteiger charge is 2.32. The summed E-state index contributed by atoms with van der Waals surface area (Å²) in [5.74, 6) is -4.54. The fraction of sp³-hybridized carbons (Fsp3) is 0.385. The van der Waals surface area contributed by atoms with E-state index >= 15 is 0 Å². The molecule has 5 atom stereocenters. The van der Waals surface area contributed by atoms with Crippen molar-refractivity contribution in [2.45, 2.75) is 75.2 Å². The normalized spacial score (nSPS) is 13.5. The Morgan fingerprint density at radius 1 is 0.763 bits per heavy atom. The van der Waals surface area contributed by atoms with Crippen molar-refractivity contribution in [3.63, 3.8) is 0 Å². The highest BCUT2D eigenvalue weighted by Crippen LogP contribution is 2.19. The van der Waals surface area contributed by atoms with Crippen LogP contribution in [0.4, 0.5) is 0 Å². The summed E-state index contributed by atoms with van der Waals surface area (Å²) in [6, 6.07) is 10.3. The number of nitrogens with zero attached hydrogens (tertiary/aromatic N) is 1. The minimum absolute atomic E-state index is 0.00580. The summed E-state index contributed by atoms with van der Waals surface area (Å²) in [5.41, 5.74) is 13.7. The number of thiol groups is 1. The third kappa shape index (κ3) is 14.8. The zero-order valence-electron chi connectivity index (χ0n) is 32.3. The molecule has 2 aromatic heterocycles. The molecule has 2 aromatic carbocycles. The van der Waals surface area contributed by atoms with E-state index in [1.54, 1.807) is 42.7 Å². The summed E-state index contributed by atoms with van der Waals surface area (Å²) in [7, 11) is 0. The van der Waals surface area contributed by atoms with Gasteiger partial charge in [-0.25, -0.2) is 9.78 Å². The maximum atomic E-state index is 14.2. The van der Waals surface area contributed by atoms with Crippen LogP contribution in [0.5, 0.6) is 0 Å². The number of carboxylic acid groups (broad SMARTS) is 1. The van der Waals surface area contributed by atoms with E-state index in [4.69, 9.17) is 16.9 Å². The number of aliphatic carboxylic acids is 1. The van der Waals surface area contributed by atoms with Crippen molar-refractivity contribution in [2.75, 3.05) is 18.8 Å². The maximum absolute atomic E-state index is 14.2. The summed E-state index contributed by atoms with van der Waals surface area (Å²) < 4.78 is 0. The number of nitrogens with one attached hydrogen (secondary N) is 9. The number of benzene rings is 2. The molecule has 0 fully saturated rings. The summed E-state index contributed by atoms with van der Waals surface area (Å²) in [6.07, 6.45) is 5.05. The smallest absolute Gasteiger partial charge is 0.326 e. The molecule has 0 aliphatic heterocycles. The Balaban J connectivity index is 1.52. The minimum atomic E-state index is -1.36. The van der Waals surface area contributed by atoms with Crippen LogP contribution in [0.15, 0.2) is 73.3 Å². The van der Waals surface area contributed by atoms with Crippen LogP contribution >= 0.6 is 12.6 Å². The van der Waals surface area contributed by atoms with Crippen molar-refractivity contribution in [1.82, 2.24) is 46.9 Å². The molecule has 0 bridgehead atoms. The number of carbonyl (C=O) groups excluding carboxylic acids is 5. The maximum Gasteiger partial charge on any atom is 0.326 e. The van der Waals surface area contributed by atoms with Crippen molar-refractivity contribution < 1.29 is 33.9 Å². The molecule has 0 aliphatic carbocycles. The molecule has 14 N–H and O–H groups in total. The highest BCUT2D eigenvalue weighted by molar-refractivity contribution is 7.80. The molecule has 0 spiro atoms. The van der Waals surface area contributed by atoms with Gasteiger partial charge in [-0.15, -0.1) is 0 Å². The first-order valence-electron chi connectivity index (χ1n) is 19.1. The van der Waals surface area contributed by atoms with E-state index in [-0.39, 0.29) is 69.7 Å². The number of para-hydroxylation sites is 1. The molecule has 4 aromatic rings. The van der Waals surface area contributed by atoms with Gasteiger partial charge in [0, 0.05) is 67.8 Å². The third-order valence-corrected chi connectivity index (χ3v) is 9.67. The standard InChI is InChI=1S/C39H52N12O7S/c40-27(21-59)34(53)44-14-7-13-33(52)48-31(18-25-20-43-22-47-25)37(56)50-30(16-23-8-2-1-3-9-23)36(55)49-29(12-6-15-45-39(41)42)35(54)51-32(38(57)58)17-24-19-46-28-11-5-4-10-26(24)28/h1-5,8-11,19-20,22,27,29-32,46,59H,6-7,12-18,21,40H2,(H,43,47)(H,44,53)(H,48,52)(H,49,55)(H,50,56)(H,51,54)(H,57,58)(H4,41,42,45)/t27-,29-,30+,31-,32-/m0/s1. The van der Waals surface area contributed by atoms with Crippen LogP contribution in [0.25, 0.3) is 10.9 Å². The van der Waals surface area contributed by atoms with E-state index < -0.39 is 65.7 Å². The fourth-order valence-corrected chi connectivity index (χ4v) is 6.32. The number of hydrogen-bond donors (Lipinski definition) is 13. The third-order valence-electron chi connectivity index (χ3n) is 9.28. The molecule has 19 nitrogen and oxygen atoms in total. The van der Waals surface area contributed by atoms with Gasteiger partial charge in [-0.05, 0) is 36.5 Å². The molecular weight excluding hydrogens is 781 g/mol. The van der Waals surface area contributed by atoms with Crippen LogP contribution in [-0.2, 0) is 48.0 Å². The molecular formula is C39H52N12O7S. The Morgan fingerprint density at radius 2 is 1.41 bits per heavy atom. The van der Waals surface area contributed by atoms with E-state index in [0.29, 0.717) is 16.8 Å². The van der Waals surface area contributed by atoms with E-state index in [0.717, 1.165) is 10.9 Å². The predicted octanol–water partition coefficient (Wildman–Crippen LogP) is -0.641. The van der Waals surface area contributed by atoms with Crippen molar-refractivity contribution >= 4 is 65.0 Å². The van der Waals surface area contributed by atoms with Crippen LogP contribution in [0, 0.1) is 5.41 Å². The van der Waals surface area contributed by atoms with Crippen LogP contribution in [-0.4, -0.2) is 111 Å². The molecule has 4 rings (SSSR count). The molecule has 0 radical (unpaired) electrons. The Bertz CT molecular complexity index is 2030. The molecule has 2 heterocycles. The van der Waals surface area contributed by atoms with Crippen molar-refractivity contribution in [3.8, 4) is 0 Å². The quantitative estimate of drug-likeness (QED) is 0.0182. The Hall–Kier alpha value is -6.41. The average molecular weight is 833 g/mol. The lowest BCUT2D eigenvalue weighted by molar-refractivity contribution is -0.142. The van der Waals surface area contributed by atoms with Crippen LogP contribution in [0.1, 0.15) is 42.5 Å². The number of carboxylic acids is 1. The van der Waals surface area contributed by atoms with Gasteiger partial charge in [0.1, 0.15) is 24.2 Å². The van der Waals surface area contributed by atoms with Crippen molar-refractivity contribution in [1.29, 1.82) is 5.41 Å². The lowest BCUT2D eigenvalue weighted by atomic mass is 10.0. The monoisotopic (exact) mass is 832 g/mol. The summed E-state index contributed by atoms with van der Waals surface area (Å²) in [6.45, 7) is 0.347. The van der Waals surface area contributed by atoms with E-state index in [1.807, 2.05) is 24.3 Å². The number of hydrogen-bond acceptors (Lipinski definition) is 10. The van der Waals surface area contributed by atoms with E-state index in [9.17, 15) is 33.9 Å². The van der Waals surface area contributed by atoms with Gasteiger partial charge in [0.15, 0.2) is 5.96 Å². The van der Waals surface area contributed by atoms with Gasteiger partial charge in [-0.1, -0.05) is 48.5 Å². The molecule has 0 unspecified atom stereocenters. The first kappa shape index (κ1) is 45.3. The van der Waals surface area contributed by atoms with Gasteiger partial charge in [0.05, 0.1) is 18.1 Å². The number of H-pyrrole nitrogens is 2. The van der Waals surface area contributed by atoms with Gasteiger partial charge in [0.25, 0.3) is 0 Å². The summed E-state index contributed by atoms with van der Waals surface area (Å²) in [4.78, 5) is 89.6. The second kappa shape index (κ2) is 23.1. The molecule has 0 saturated heterocycles. The molecule has 0 aliphatic rings. The fourth-order valence-electron chi connectivity index (χ4n) is 6.16. The topological polar surface area (TPSA) is 315 Å². The molecule has 20 heteroatoms. The number of aromatic nitrogens is 3. The van der Waals surface area contributed by atoms with Gasteiger partial charge in [-0.3, -0.25) is 29.4 Å². The second-order valence-corrected chi connectivity index (χ2v) is 14.2. The first-order chi connectivity index (χ1) is 28.3. The number of rotatable bonds is 24. The van der Waals surface area contributed by atoms with Gasteiger partial charge in [-0.2, -0.15) is 12.6 Å². The van der Waals surface area contributed by atoms with Crippen molar-refractivity contribution in [2.24, 2.45) is 11.5 Å². The zero-order valence-corrected chi connectivity index (χ0v) is 33.2. The van der Waals surface area contributed by atoms with E-state index in [2.05, 4.69) is 59.5 Å². The number of aromatic amines is 2. The van der Waals surface area contributed by atoms with Crippen LogP contribution in [0.2, 0.25) is 0 Å². The molecule has 5 amide bonds.